The van der Waals surface area contributed by atoms with Crippen molar-refractivity contribution in [3.05, 3.63) is 46.7 Å². The monoisotopic (exact) mass is 384 g/mol. The number of benzene rings is 1. The molecule has 4 nitrogen and oxygen atoms in total. The van der Waals surface area contributed by atoms with E-state index in [0.29, 0.717) is 23.4 Å². The number of nitrogens with zero attached hydrogens (tertiary/aromatic N) is 2. The maximum absolute atomic E-state index is 13.6. The molecule has 1 aromatic heterocycles. The molecule has 0 radical (unpaired) electrons. The lowest BCUT2D eigenvalue weighted by atomic mass is 10.0. The third-order valence-corrected chi connectivity index (χ3v) is 5.00. The van der Waals surface area contributed by atoms with Crippen LogP contribution in [0.25, 0.3) is 11.1 Å². The van der Waals surface area contributed by atoms with Gasteiger partial charge in [0.05, 0.1) is 6.10 Å². The van der Waals surface area contributed by atoms with Crippen LogP contribution in [0.15, 0.2) is 30.3 Å². The highest BCUT2D eigenvalue weighted by molar-refractivity contribution is 6.30. The first-order valence-corrected chi connectivity index (χ1v) is 8.69. The normalized spacial score (nSPS) is 18.1. The minimum absolute atomic E-state index is 0.0362. The Bertz CT molecular complexity index is 851. The predicted octanol–water partition coefficient (Wildman–Crippen LogP) is 3.98. The van der Waals surface area contributed by atoms with E-state index in [0.717, 1.165) is 10.6 Å². The maximum Gasteiger partial charge on any atom is 0.431 e. The number of hydrogen-bond donors (Lipinski definition) is 1. The molecule has 138 valence electrons. The molecule has 26 heavy (non-hydrogen) atoms. The molecule has 0 spiro atoms. The van der Waals surface area contributed by atoms with Crippen LogP contribution in [0.4, 0.5) is 13.2 Å². The van der Waals surface area contributed by atoms with Gasteiger partial charge >= 0.3 is 6.18 Å². The van der Waals surface area contributed by atoms with Gasteiger partial charge in [-0.2, -0.15) is 13.2 Å². The molecular formula is C18H16ClF3N2O2. The van der Waals surface area contributed by atoms with E-state index in [4.69, 9.17) is 11.6 Å². The van der Waals surface area contributed by atoms with Gasteiger partial charge in [-0.05, 0) is 36.6 Å². The number of aliphatic hydroxyl groups is 1. The van der Waals surface area contributed by atoms with Gasteiger partial charge in [0.15, 0.2) is 0 Å². The number of aromatic nitrogens is 1. The summed E-state index contributed by atoms with van der Waals surface area (Å²) in [5, 5.41) is 9.92. The Kier molecular flexibility index (Phi) is 4.04. The van der Waals surface area contributed by atoms with Crippen LogP contribution in [0.3, 0.4) is 0 Å². The van der Waals surface area contributed by atoms with Gasteiger partial charge in [0.1, 0.15) is 11.4 Å². The fraction of sp³-hybridized carbons (Fsp3) is 0.389. The predicted molar refractivity (Wildman–Crippen MR) is 90.1 cm³/mol. The topological polar surface area (TPSA) is 45.5 Å². The van der Waals surface area contributed by atoms with E-state index in [1.807, 2.05) is 0 Å². The highest BCUT2D eigenvalue weighted by Crippen LogP contribution is 2.46. The number of rotatable bonds is 3. The summed E-state index contributed by atoms with van der Waals surface area (Å²) in [6, 6.07) is 7.11. The van der Waals surface area contributed by atoms with E-state index in [9.17, 15) is 23.1 Å². The number of carbonyl (C=O) groups excluding carboxylic acids is 1. The summed E-state index contributed by atoms with van der Waals surface area (Å²) in [6.45, 7) is 0.270. The van der Waals surface area contributed by atoms with Crippen LogP contribution in [0.5, 0.6) is 0 Å². The smallest absolute Gasteiger partial charge is 0.389 e. The minimum Gasteiger partial charge on any atom is -0.389 e. The second-order valence-electron chi connectivity index (χ2n) is 6.76. The van der Waals surface area contributed by atoms with Crippen molar-refractivity contribution in [3.8, 4) is 11.1 Å². The summed E-state index contributed by atoms with van der Waals surface area (Å²) in [5.74, 6) is -0.484. The Morgan fingerprint density at radius 3 is 2.27 bits per heavy atom. The molecule has 1 aliphatic heterocycles. The van der Waals surface area contributed by atoms with Gasteiger partial charge in [-0.25, -0.2) is 0 Å². The zero-order valence-corrected chi connectivity index (χ0v) is 14.4. The van der Waals surface area contributed by atoms with E-state index in [-0.39, 0.29) is 30.4 Å². The van der Waals surface area contributed by atoms with Crippen molar-refractivity contribution in [2.24, 2.45) is 0 Å². The third-order valence-electron chi connectivity index (χ3n) is 4.75. The second kappa shape index (κ2) is 6.03. The van der Waals surface area contributed by atoms with Gasteiger partial charge < -0.3 is 14.6 Å². The Balaban J connectivity index is 1.89. The average Bonchev–Trinajstić information content (AvgIpc) is 3.30. The minimum atomic E-state index is -4.56. The van der Waals surface area contributed by atoms with Gasteiger partial charge in [-0.15, -0.1) is 0 Å². The number of halogens is 4. The lowest BCUT2D eigenvalue weighted by Crippen LogP contribution is -2.54. The Morgan fingerprint density at radius 1 is 1.15 bits per heavy atom. The molecule has 1 saturated heterocycles. The molecule has 1 amide bonds. The Morgan fingerprint density at radius 2 is 1.77 bits per heavy atom. The van der Waals surface area contributed by atoms with Gasteiger partial charge in [0.2, 0.25) is 0 Å². The lowest BCUT2D eigenvalue weighted by Gasteiger charge is -2.36. The quantitative estimate of drug-likeness (QED) is 0.870. The molecule has 2 aromatic rings. The third kappa shape index (κ3) is 2.99. The van der Waals surface area contributed by atoms with Crippen LogP contribution >= 0.6 is 11.6 Å². The maximum atomic E-state index is 13.6. The van der Waals surface area contributed by atoms with Crippen molar-refractivity contribution in [2.45, 2.75) is 31.2 Å². The molecule has 1 aromatic carbocycles. The fourth-order valence-electron chi connectivity index (χ4n) is 3.29. The van der Waals surface area contributed by atoms with Crippen molar-refractivity contribution in [2.75, 3.05) is 13.1 Å². The molecule has 0 unspecified atom stereocenters. The van der Waals surface area contributed by atoms with Crippen molar-refractivity contribution < 1.29 is 23.1 Å². The first-order chi connectivity index (χ1) is 12.3. The molecule has 1 saturated carbocycles. The number of hydrogen-bond acceptors (Lipinski definition) is 2. The van der Waals surface area contributed by atoms with Crippen LogP contribution in [-0.4, -0.2) is 39.7 Å². The van der Waals surface area contributed by atoms with Crippen molar-refractivity contribution in [1.29, 1.82) is 0 Å². The molecule has 2 fully saturated rings. The van der Waals surface area contributed by atoms with Crippen molar-refractivity contribution >= 4 is 17.5 Å². The highest BCUT2D eigenvalue weighted by atomic mass is 35.5. The van der Waals surface area contributed by atoms with Gasteiger partial charge in [-0.3, -0.25) is 4.79 Å². The second-order valence-corrected chi connectivity index (χ2v) is 7.20. The number of alkyl halides is 3. The molecule has 0 atom stereocenters. The van der Waals surface area contributed by atoms with Gasteiger partial charge in [0.25, 0.3) is 5.91 Å². The summed E-state index contributed by atoms with van der Waals surface area (Å²) >= 11 is 5.88. The molecule has 2 aliphatic rings. The summed E-state index contributed by atoms with van der Waals surface area (Å²) in [7, 11) is 0. The summed E-state index contributed by atoms with van der Waals surface area (Å²) in [6.07, 6.45) is -3.96. The van der Waals surface area contributed by atoms with Crippen LogP contribution in [0.2, 0.25) is 5.02 Å². The first kappa shape index (κ1) is 17.4. The van der Waals surface area contributed by atoms with Crippen LogP contribution in [0, 0.1) is 0 Å². The first-order valence-electron chi connectivity index (χ1n) is 8.31. The zero-order chi connectivity index (χ0) is 18.6. The van der Waals surface area contributed by atoms with Crippen LogP contribution in [-0.2, 0) is 6.18 Å². The molecular weight excluding hydrogens is 369 g/mol. The SMILES string of the molecule is O=C(c1c(-c2ccc(Cl)cc2)cc(C(F)(F)F)n1C1CC1)N1CC(O)C1. The van der Waals surface area contributed by atoms with E-state index in [2.05, 4.69) is 0 Å². The van der Waals surface area contributed by atoms with Gasteiger partial charge in [0, 0.05) is 29.7 Å². The Hall–Kier alpha value is -1.99. The van der Waals surface area contributed by atoms with E-state index >= 15 is 0 Å². The van der Waals surface area contributed by atoms with Crippen LogP contribution < -0.4 is 0 Å². The molecule has 4 rings (SSSR count). The average molecular weight is 385 g/mol. The van der Waals surface area contributed by atoms with Crippen molar-refractivity contribution in [3.63, 3.8) is 0 Å². The van der Waals surface area contributed by atoms with Gasteiger partial charge in [-0.1, -0.05) is 23.7 Å². The molecule has 1 N–H and O–H groups in total. The summed E-state index contributed by atoms with van der Waals surface area (Å²) in [4.78, 5) is 14.3. The molecule has 8 heteroatoms. The van der Waals surface area contributed by atoms with Crippen molar-refractivity contribution in [1.82, 2.24) is 9.47 Å². The highest BCUT2D eigenvalue weighted by Gasteiger charge is 2.44. The number of β-amino-alcohol motifs (C(OH)–C–C–N with tert-alkyl or cyclic N) is 1. The fourth-order valence-corrected chi connectivity index (χ4v) is 3.42. The molecule has 2 heterocycles. The number of amides is 1. The van der Waals surface area contributed by atoms with E-state index < -0.39 is 23.9 Å². The number of aliphatic hydroxyl groups excluding tert-OH is 1. The number of carbonyl (C=O) groups is 1. The summed E-state index contributed by atoms with van der Waals surface area (Å²) < 4.78 is 42.0. The van der Waals surface area contributed by atoms with E-state index in [1.165, 1.54) is 4.90 Å². The largest absolute Gasteiger partial charge is 0.431 e. The standard InChI is InChI=1S/C18H16ClF3N2O2/c19-11-3-1-10(2-4-11)14-7-15(18(20,21)22)24(12-5-6-12)16(14)17(26)23-8-13(25)9-23/h1-4,7,12-13,25H,5-6,8-9H2. The van der Waals surface area contributed by atoms with E-state index in [1.54, 1.807) is 24.3 Å². The summed E-state index contributed by atoms with van der Waals surface area (Å²) in [5.41, 5.74) is -0.0283. The number of likely N-dealkylation sites (tertiary alicyclic amines) is 1. The Labute approximate surface area is 152 Å². The molecule has 0 bridgehead atoms. The zero-order valence-electron chi connectivity index (χ0n) is 13.6. The molecule has 1 aliphatic carbocycles. The van der Waals surface area contributed by atoms with Crippen LogP contribution in [0.1, 0.15) is 35.1 Å². The lowest BCUT2D eigenvalue weighted by molar-refractivity contribution is -0.143.